The van der Waals surface area contributed by atoms with Gasteiger partial charge >= 0.3 is 6.18 Å². The van der Waals surface area contributed by atoms with Gasteiger partial charge in [-0.15, -0.1) is 0 Å². The number of primary amides is 1. The zero-order valence-electron chi connectivity index (χ0n) is 11.0. The van der Waals surface area contributed by atoms with E-state index in [0.717, 1.165) is 17.7 Å². The van der Waals surface area contributed by atoms with Crippen LogP contribution in [0.25, 0.3) is 0 Å². The lowest BCUT2D eigenvalue weighted by Crippen LogP contribution is -2.18. The van der Waals surface area contributed by atoms with Crippen molar-refractivity contribution in [3.63, 3.8) is 0 Å². The molecule has 1 amide bonds. The van der Waals surface area contributed by atoms with Crippen LogP contribution in [0, 0.1) is 0 Å². The molecule has 0 saturated heterocycles. The normalized spacial score (nSPS) is 11.4. The third-order valence-corrected chi connectivity index (χ3v) is 2.67. The number of aryl methyl sites for hydroxylation is 1. The Balaban J connectivity index is 2.28. The molecule has 0 bridgehead atoms. The molecule has 2 aromatic heterocycles. The highest BCUT2D eigenvalue weighted by molar-refractivity contribution is 5.97. The standard InChI is InChI=1S/C12H12F3N5O/c1-20-6-7(5-18-20)4-17-11-8(10(16)21)2-3-9(19-11)12(13,14)15/h2-3,5-6H,4H2,1H3,(H2,16,21)(H,17,19). The van der Waals surface area contributed by atoms with Gasteiger partial charge in [-0.05, 0) is 12.1 Å². The van der Waals surface area contributed by atoms with Crippen LogP contribution in [0.2, 0.25) is 0 Å². The molecule has 0 radical (unpaired) electrons. The Bertz CT molecular complexity index is 665. The SMILES string of the molecule is Cn1cc(CNc2nc(C(F)(F)F)ccc2C(N)=O)cn1. The number of nitrogens with two attached hydrogens (primary N) is 1. The minimum absolute atomic E-state index is 0.105. The van der Waals surface area contributed by atoms with E-state index >= 15 is 0 Å². The van der Waals surface area contributed by atoms with Crippen molar-refractivity contribution in [2.24, 2.45) is 12.8 Å². The van der Waals surface area contributed by atoms with Crippen molar-refractivity contribution in [3.05, 3.63) is 41.3 Å². The zero-order chi connectivity index (χ0) is 15.6. The van der Waals surface area contributed by atoms with Gasteiger partial charge in [0.1, 0.15) is 11.5 Å². The maximum absolute atomic E-state index is 12.6. The molecule has 2 rings (SSSR count). The van der Waals surface area contributed by atoms with Crippen LogP contribution in [-0.2, 0) is 19.8 Å². The Labute approximate surface area is 117 Å². The number of carbonyl (C=O) groups is 1. The predicted octanol–water partition coefficient (Wildman–Crippen LogP) is 1.54. The minimum atomic E-state index is -4.60. The second-order valence-electron chi connectivity index (χ2n) is 4.33. The van der Waals surface area contributed by atoms with Crippen molar-refractivity contribution in [1.29, 1.82) is 0 Å². The summed E-state index contributed by atoms with van der Waals surface area (Å²) >= 11 is 0. The summed E-state index contributed by atoms with van der Waals surface area (Å²) < 4.78 is 39.5. The number of amides is 1. The Morgan fingerprint density at radius 3 is 2.67 bits per heavy atom. The third-order valence-electron chi connectivity index (χ3n) is 2.67. The molecule has 0 saturated carbocycles. The van der Waals surface area contributed by atoms with E-state index in [1.54, 1.807) is 24.1 Å². The summed E-state index contributed by atoms with van der Waals surface area (Å²) in [6.07, 6.45) is -1.37. The number of carbonyl (C=O) groups excluding carboxylic acids is 1. The molecule has 0 aliphatic carbocycles. The lowest BCUT2D eigenvalue weighted by molar-refractivity contribution is -0.141. The van der Waals surface area contributed by atoms with Crippen LogP contribution in [0.15, 0.2) is 24.5 Å². The maximum atomic E-state index is 12.6. The van der Waals surface area contributed by atoms with Crippen LogP contribution >= 0.6 is 0 Å². The van der Waals surface area contributed by atoms with Gasteiger partial charge in [-0.2, -0.15) is 18.3 Å². The number of alkyl halides is 3. The van der Waals surface area contributed by atoms with E-state index in [-0.39, 0.29) is 17.9 Å². The Kier molecular flexibility index (Phi) is 3.83. The van der Waals surface area contributed by atoms with Gasteiger partial charge in [0.05, 0.1) is 11.8 Å². The summed E-state index contributed by atoms with van der Waals surface area (Å²) in [6, 6.07) is 1.72. The van der Waals surface area contributed by atoms with Gasteiger partial charge in [0, 0.05) is 25.4 Å². The first-order valence-electron chi connectivity index (χ1n) is 5.87. The van der Waals surface area contributed by atoms with Gasteiger partial charge in [-0.3, -0.25) is 9.48 Å². The second-order valence-corrected chi connectivity index (χ2v) is 4.33. The first kappa shape index (κ1) is 14.8. The van der Waals surface area contributed by atoms with Gasteiger partial charge < -0.3 is 11.1 Å². The molecule has 0 unspecified atom stereocenters. The number of hydrogen-bond donors (Lipinski definition) is 2. The summed E-state index contributed by atoms with van der Waals surface area (Å²) in [5.41, 5.74) is 4.66. The highest BCUT2D eigenvalue weighted by Gasteiger charge is 2.33. The quantitative estimate of drug-likeness (QED) is 0.896. The number of halogens is 3. The summed E-state index contributed by atoms with van der Waals surface area (Å²) in [6.45, 7) is 0.169. The summed E-state index contributed by atoms with van der Waals surface area (Å²) in [7, 11) is 1.71. The average Bonchev–Trinajstić information content (AvgIpc) is 2.80. The van der Waals surface area contributed by atoms with Gasteiger partial charge in [-0.1, -0.05) is 0 Å². The molecule has 112 valence electrons. The van der Waals surface area contributed by atoms with Crippen LogP contribution in [0.5, 0.6) is 0 Å². The molecule has 3 N–H and O–H groups in total. The van der Waals surface area contributed by atoms with Gasteiger partial charge in [-0.25, -0.2) is 4.98 Å². The topological polar surface area (TPSA) is 85.8 Å². The Hall–Kier alpha value is -2.58. The lowest BCUT2D eigenvalue weighted by Gasteiger charge is -2.12. The number of nitrogens with one attached hydrogen (secondary N) is 1. The van der Waals surface area contributed by atoms with E-state index in [4.69, 9.17) is 5.73 Å². The number of rotatable bonds is 4. The second kappa shape index (κ2) is 5.43. The third kappa shape index (κ3) is 3.50. The monoisotopic (exact) mass is 299 g/mol. The minimum Gasteiger partial charge on any atom is -0.365 e. The van der Waals surface area contributed by atoms with E-state index in [2.05, 4.69) is 15.4 Å². The molecule has 2 heterocycles. The number of anilines is 1. The van der Waals surface area contributed by atoms with Crippen molar-refractivity contribution in [2.75, 3.05) is 5.32 Å². The van der Waals surface area contributed by atoms with E-state index in [1.165, 1.54) is 0 Å². The number of aromatic nitrogens is 3. The van der Waals surface area contributed by atoms with Crippen LogP contribution in [0.3, 0.4) is 0 Å². The summed E-state index contributed by atoms with van der Waals surface area (Å²) in [5.74, 6) is -1.06. The van der Waals surface area contributed by atoms with Crippen molar-refractivity contribution in [3.8, 4) is 0 Å². The van der Waals surface area contributed by atoms with Crippen LogP contribution < -0.4 is 11.1 Å². The molecule has 9 heteroatoms. The molecule has 21 heavy (non-hydrogen) atoms. The predicted molar refractivity (Wildman–Crippen MR) is 68.3 cm³/mol. The number of nitrogens with zero attached hydrogens (tertiary/aromatic N) is 3. The lowest BCUT2D eigenvalue weighted by atomic mass is 10.2. The summed E-state index contributed by atoms with van der Waals surface area (Å²) in [4.78, 5) is 14.7. The van der Waals surface area contributed by atoms with E-state index < -0.39 is 17.8 Å². The van der Waals surface area contributed by atoms with Crippen molar-refractivity contribution < 1.29 is 18.0 Å². The molecule has 0 aliphatic rings. The highest BCUT2D eigenvalue weighted by atomic mass is 19.4. The fourth-order valence-electron chi connectivity index (χ4n) is 1.70. The fraction of sp³-hybridized carbons (Fsp3) is 0.250. The first-order valence-corrected chi connectivity index (χ1v) is 5.87. The van der Waals surface area contributed by atoms with Gasteiger partial charge in [0.2, 0.25) is 0 Å². The highest BCUT2D eigenvalue weighted by Crippen LogP contribution is 2.29. The average molecular weight is 299 g/mol. The molecule has 0 fully saturated rings. The Morgan fingerprint density at radius 1 is 1.43 bits per heavy atom. The van der Waals surface area contributed by atoms with Gasteiger partial charge in [0.25, 0.3) is 5.91 Å². The fourth-order valence-corrected chi connectivity index (χ4v) is 1.70. The summed E-state index contributed by atoms with van der Waals surface area (Å²) in [5, 5.41) is 6.60. The first-order chi connectivity index (χ1) is 9.77. The molecule has 0 aliphatic heterocycles. The molecule has 0 spiro atoms. The van der Waals surface area contributed by atoms with Gasteiger partial charge in [0.15, 0.2) is 0 Å². The molecular formula is C12H12F3N5O. The van der Waals surface area contributed by atoms with Crippen LogP contribution in [0.1, 0.15) is 21.6 Å². The smallest absolute Gasteiger partial charge is 0.365 e. The molecule has 0 aromatic carbocycles. The van der Waals surface area contributed by atoms with E-state index in [0.29, 0.717) is 0 Å². The molecule has 0 atom stereocenters. The molecular weight excluding hydrogens is 287 g/mol. The molecule has 6 nitrogen and oxygen atoms in total. The van der Waals surface area contributed by atoms with Crippen molar-refractivity contribution in [1.82, 2.24) is 14.8 Å². The zero-order valence-corrected chi connectivity index (χ0v) is 11.0. The van der Waals surface area contributed by atoms with Crippen molar-refractivity contribution >= 4 is 11.7 Å². The van der Waals surface area contributed by atoms with Crippen LogP contribution in [0.4, 0.5) is 19.0 Å². The number of hydrogen-bond acceptors (Lipinski definition) is 4. The van der Waals surface area contributed by atoms with Crippen molar-refractivity contribution in [2.45, 2.75) is 12.7 Å². The molecule has 2 aromatic rings. The largest absolute Gasteiger partial charge is 0.433 e. The van der Waals surface area contributed by atoms with E-state index in [9.17, 15) is 18.0 Å². The number of pyridine rings is 1. The maximum Gasteiger partial charge on any atom is 0.433 e. The van der Waals surface area contributed by atoms with Crippen LogP contribution in [-0.4, -0.2) is 20.7 Å². The van der Waals surface area contributed by atoms with E-state index in [1.807, 2.05) is 0 Å². The Morgan fingerprint density at radius 2 is 2.14 bits per heavy atom.